The zero-order valence-electron chi connectivity index (χ0n) is 11.2. The fourth-order valence-corrected chi connectivity index (χ4v) is 1.93. The molecule has 21 heavy (non-hydrogen) atoms. The van der Waals surface area contributed by atoms with Crippen molar-refractivity contribution in [2.24, 2.45) is 0 Å². The molecule has 0 fully saturated rings. The molecule has 4 N–H and O–H groups in total. The summed E-state index contributed by atoms with van der Waals surface area (Å²) in [7, 11) is 0. The number of amides is 1. The first-order valence-electron chi connectivity index (χ1n) is 6.23. The Morgan fingerprint density at radius 3 is 2.90 bits per heavy atom. The maximum Gasteiger partial charge on any atom is 0.273 e. The highest BCUT2D eigenvalue weighted by atomic mass is 16.1. The summed E-state index contributed by atoms with van der Waals surface area (Å²) in [4.78, 5) is 20.6. The van der Waals surface area contributed by atoms with Gasteiger partial charge in [-0.3, -0.25) is 14.5 Å². The molecule has 0 radical (unpaired) electrons. The van der Waals surface area contributed by atoms with Crippen LogP contribution >= 0.6 is 0 Å². The topological polar surface area (TPSA) is 115 Å². The van der Waals surface area contributed by atoms with E-state index in [1.807, 2.05) is 6.92 Å². The molecule has 3 aromatic rings. The highest BCUT2D eigenvalue weighted by Gasteiger charge is 2.13. The predicted octanol–water partition coefficient (Wildman–Crippen LogP) is 1.13. The molecule has 0 unspecified atom stereocenters. The lowest BCUT2D eigenvalue weighted by molar-refractivity contribution is 0.102. The molecule has 0 saturated carbocycles. The lowest BCUT2D eigenvalue weighted by Crippen LogP contribution is -2.15. The van der Waals surface area contributed by atoms with E-state index in [2.05, 4.69) is 25.5 Å². The van der Waals surface area contributed by atoms with Gasteiger partial charge in [0.1, 0.15) is 17.3 Å². The minimum absolute atomic E-state index is 0.261. The van der Waals surface area contributed by atoms with Crippen molar-refractivity contribution in [3.05, 3.63) is 48.3 Å². The summed E-state index contributed by atoms with van der Waals surface area (Å²) < 4.78 is 1.79. The Morgan fingerprint density at radius 1 is 1.38 bits per heavy atom. The second-order valence-electron chi connectivity index (χ2n) is 4.38. The number of hydrogen-bond donors (Lipinski definition) is 3. The molecule has 0 aromatic carbocycles. The maximum absolute atomic E-state index is 12.1. The van der Waals surface area contributed by atoms with Gasteiger partial charge in [0.2, 0.25) is 0 Å². The Balaban J connectivity index is 1.93. The third-order valence-electron chi connectivity index (χ3n) is 2.93. The summed E-state index contributed by atoms with van der Waals surface area (Å²) >= 11 is 0. The normalized spacial score (nSPS) is 10.5. The number of carbonyl (C=O) groups is 1. The third-order valence-corrected chi connectivity index (χ3v) is 2.93. The molecule has 8 nitrogen and oxygen atoms in total. The zero-order chi connectivity index (χ0) is 14.8. The van der Waals surface area contributed by atoms with Crippen molar-refractivity contribution < 1.29 is 4.79 Å². The molecule has 0 spiro atoms. The van der Waals surface area contributed by atoms with E-state index in [1.165, 1.54) is 6.07 Å². The van der Waals surface area contributed by atoms with Crippen LogP contribution in [0.4, 0.5) is 11.5 Å². The van der Waals surface area contributed by atoms with E-state index in [1.54, 1.807) is 35.3 Å². The SMILES string of the molecule is Cc1nccn1-c1ncccc1NC(=O)c1cc(N)n[nH]1. The van der Waals surface area contributed by atoms with E-state index in [9.17, 15) is 4.79 Å². The molecule has 8 heteroatoms. The van der Waals surface area contributed by atoms with E-state index in [4.69, 9.17) is 5.73 Å². The standard InChI is InChI=1S/C13H13N7O/c1-8-15-5-6-20(8)12-9(3-2-4-16-12)17-13(21)10-7-11(14)19-18-10/h2-7H,1H3,(H,17,21)(H3,14,18,19). The molecule has 3 rings (SSSR count). The molecule has 0 saturated heterocycles. The minimum Gasteiger partial charge on any atom is -0.382 e. The largest absolute Gasteiger partial charge is 0.382 e. The number of pyridine rings is 1. The van der Waals surface area contributed by atoms with Crippen LogP contribution in [-0.4, -0.2) is 30.6 Å². The maximum atomic E-state index is 12.1. The van der Waals surface area contributed by atoms with Gasteiger partial charge in [-0.15, -0.1) is 0 Å². The van der Waals surface area contributed by atoms with Crippen molar-refractivity contribution in [1.82, 2.24) is 24.7 Å². The number of hydrogen-bond acceptors (Lipinski definition) is 5. The van der Waals surface area contributed by atoms with E-state index in [-0.39, 0.29) is 17.4 Å². The number of nitrogen functional groups attached to an aromatic ring is 1. The van der Waals surface area contributed by atoms with E-state index >= 15 is 0 Å². The average Bonchev–Trinajstić information content (AvgIpc) is 3.08. The summed E-state index contributed by atoms with van der Waals surface area (Å²) in [5.74, 6) is 1.28. The van der Waals surface area contributed by atoms with Crippen molar-refractivity contribution in [3.63, 3.8) is 0 Å². The van der Waals surface area contributed by atoms with Crippen molar-refractivity contribution in [2.75, 3.05) is 11.1 Å². The first kappa shape index (κ1) is 12.9. The van der Waals surface area contributed by atoms with E-state index in [0.29, 0.717) is 11.5 Å². The number of rotatable bonds is 3. The number of nitrogens with zero attached hydrogens (tertiary/aromatic N) is 4. The lowest BCUT2D eigenvalue weighted by Gasteiger charge is -2.10. The number of aromatic nitrogens is 5. The van der Waals surface area contributed by atoms with Crippen LogP contribution in [0.25, 0.3) is 5.82 Å². The van der Waals surface area contributed by atoms with E-state index in [0.717, 1.165) is 5.82 Å². The summed E-state index contributed by atoms with van der Waals surface area (Å²) in [6.45, 7) is 1.86. The van der Waals surface area contributed by atoms with E-state index < -0.39 is 0 Å². The van der Waals surface area contributed by atoms with Gasteiger partial charge in [0.25, 0.3) is 5.91 Å². The van der Waals surface area contributed by atoms with Crippen LogP contribution in [0.5, 0.6) is 0 Å². The number of carbonyl (C=O) groups excluding carboxylic acids is 1. The van der Waals surface area contributed by atoms with Crippen molar-refractivity contribution in [1.29, 1.82) is 0 Å². The molecule has 0 aliphatic carbocycles. The van der Waals surface area contributed by atoms with Gasteiger partial charge in [-0.2, -0.15) is 5.10 Å². The van der Waals surface area contributed by atoms with Gasteiger partial charge in [0.05, 0.1) is 5.69 Å². The number of nitrogens with one attached hydrogen (secondary N) is 2. The molecule has 1 amide bonds. The van der Waals surface area contributed by atoms with Gasteiger partial charge < -0.3 is 11.1 Å². The summed E-state index contributed by atoms with van der Waals surface area (Å²) in [5.41, 5.74) is 6.34. The zero-order valence-corrected chi connectivity index (χ0v) is 11.2. The van der Waals surface area contributed by atoms with Crippen LogP contribution < -0.4 is 11.1 Å². The highest BCUT2D eigenvalue weighted by Crippen LogP contribution is 2.19. The predicted molar refractivity (Wildman–Crippen MR) is 77.0 cm³/mol. The fourth-order valence-electron chi connectivity index (χ4n) is 1.93. The van der Waals surface area contributed by atoms with Gasteiger partial charge >= 0.3 is 0 Å². The summed E-state index contributed by atoms with van der Waals surface area (Å²) in [5, 5.41) is 9.07. The van der Waals surface area contributed by atoms with Crippen LogP contribution in [0.15, 0.2) is 36.8 Å². The number of imidazole rings is 1. The number of aromatic amines is 1. The van der Waals surface area contributed by atoms with Gasteiger partial charge in [-0.1, -0.05) is 0 Å². The molecular weight excluding hydrogens is 270 g/mol. The number of aryl methyl sites for hydroxylation is 1. The summed E-state index contributed by atoms with van der Waals surface area (Å²) in [6, 6.07) is 4.97. The smallest absolute Gasteiger partial charge is 0.273 e. The molecule has 3 heterocycles. The quantitative estimate of drug-likeness (QED) is 0.666. The summed E-state index contributed by atoms with van der Waals surface area (Å²) in [6.07, 6.45) is 5.10. The third kappa shape index (κ3) is 2.46. The first-order chi connectivity index (χ1) is 10.1. The molecule has 0 atom stereocenters. The second kappa shape index (κ2) is 5.08. The van der Waals surface area contributed by atoms with Crippen molar-refractivity contribution >= 4 is 17.4 Å². The Morgan fingerprint density at radius 2 is 2.24 bits per heavy atom. The second-order valence-corrected chi connectivity index (χ2v) is 4.38. The molecular formula is C13H13N7O. The van der Waals surface area contributed by atoms with Crippen molar-refractivity contribution in [2.45, 2.75) is 6.92 Å². The van der Waals surface area contributed by atoms with Crippen LogP contribution in [0, 0.1) is 6.92 Å². The van der Waals surface area contributed by atoms with Crippen LogP contribution in [0.1, 0.15) is 16.3 Å². The van der Waals surface area contributed by atoms with Crippen LogP contribution in [0.3, 0.4) is 0 Å². The van der Waals surface area contributed by atoms with Crippen LogP contribution in [-0.2, 0) is 0 Å². The average molecular weight is 283 g/mol. The highest BCUT2D eigenvalue weighted by molar-refractivity contribution is 6.04. The Bertz CT molecular complexity index is 789. The molecule has 0 aliphatic rings. The minimum atomic E-state index is -0.341. The number of H-pyrrole nitrogens is 1. The Hall–Kier alpha value is -3.16. The fraction of sp³-hybridized carbons (Fsp3) is 0.0769. The molecule has 3 aromatic heterocycles. The monoisotopic (exact) mass is 283 g/mol. The Labute approximate surface area is 120 Å². The molecule has 106 valence electrons. The van der Waals surface area contributed by atoms with Crippen LogP contribution in [0.2, 0.25) is 0 Å². The number of nitrogens with two attached hydrogens (primary N) is 1. The van der Waals surface area contributed by atoms with Gasteiger partial charge in [0.15, 0.2) is 5.82 Å². The molecule has 0 bridgehead atoms. The first-order valence-corrected chi connectivity index (χ1v) is 6.23. The molecule has 0 aliphatic heterocycles. The lowest BCUT2D eigenvalue weighted by atomic mass is 10.3. The Kier molecular flexibility index (Phi) is 3.11. The van der Waals surface area contributed by atoms with Gasteiger partial charge in [-0.25, -0.2) is 9.97 Å². The van der Waals surface area contributed by atoms with Crippen molar-refractivity contribution in [3.8, 4) is 5.82 Å². The van der Waals surface area contributed by atoms with Gasteiger partial charge in [0, 0.05) is 24.7 Å². The van der Waals surface area contributed by atoms with Gasteiger partial charge in [-0.05, 0) is 19.1 Å². The number of anilines is 2.